The van der Waals surface area contributed by atoms with Crippen molar-refractivity contribution in [1.29, 1.82) is 0 Å². The summed E-state index contributed by atoms with van der Waals surface area (Å²) in [6.07, 6.45) is 3.93. The Morgan fingerprint density at radius 3 is 2.10 bits per heavy atom. The second kappa shape index (κ2) is 5.26. The van der Waals surface area contributed by atoms with E-state index in [2.05, 4.69) is 46.4 Å². The van der Waals surface area contributed by atoms with Gasteiger partial charge in [-0.05, 0) is 58.9 Å². The molecule has 0 aliphatic carbocycles. The van der Waals surface area contributed by atoms with Gasteiger partial charge in [-0.3, -0.25) is 0 Å². The lowest BCUT2D eigenvalue weighted by atomic mass is 9.81. The van der Waals surface area contributed by atoms with Gasteiger partial charge in [-0.25, -0.2) is 0 Å². The Labute approximate surface area is 125 Å². The maximum Gasteiger partial charge on any atom is 0.0788 e. The Kier molecular flexibility index (Phi) is 4.27. The number of rotatable bonds is 4. The van der Waals surface area contributed by atoms with Gasteiger partial charge >= 0.3 is 0 Å². The Bertz CT molecular complexity index is 347. The lowest BCUT2D eigenvalue weighted by Gasteiger charge is -2.32. The largest absolute Gasteiger partial charge is 0.368 e. The minimum absolute atomic E-state index is 0.118. The molecule has 3 nitrogen and oxygen atoms in total. The van der Waals surface area contributed by atoms with Crippen LogP contribution in [0.25, 0.3) is 0 Å². The first-order valence-corrected chi connectivity index (χ1v) is 8.34. The Hall–Kier alpha value is -0.120. The molecule has 2 N–H and O–H groups in total. The first kappa shape index (κ1) is 16.3. The molecule has 118 valence electrons. The molecule has 0 amide bonds. The van der Waals surface area contributed by atoms with E-state index in [1.54, 1.807) is 0 Å². The molecule has 0 bridgehead atoms. The highest BCUT2D eigenvalue weighted by molar-refractivity contribution is 5.05. The number of likely N-dealkylation sites (tertiary alicyclic amines) is 1. The van der Waals surface area contributed by atoms with E-state index in [9.17, 15) is 0 Å². The average Bonchev–Trinajstić information content (AvgIpc) is 2.83. The summed E-state index contributed by atoms with van der Waals surface area (Å²) in [5.41, 5.74) is 6.71. The molecule has 0 aromatic carbocycles. The lowest BCUT2D eigenvalue weighted by molar-refractivity contribution is -0.0782. The molecule has 3 heteroatoms. The minimum atomic E-state index is -0.208. The van der Waals surface area contributed by atoms with Gasteiger partial charge in [0.15, 0.2) is 0 Å². The molecule has 2 rings (SSSR count). The van der Waals surface area contributed by atoms with Gasteiger partial charge in [0.25, 0.3) is 0 Å². The summed E-state index contributed by atoms with van der Waals surface area (Å²) in [6, 6.07) is 0.121. The van der Waals surface area contributed by atoms with Crippen LogP contribution >= 0.6 is 0 Å². The maximum atomic E-state index is 6.49. The van der Waals surface area contributed by atoms with Gasteiger partial charge in [-0.15, -0.1) is 0 Å². The highest BCUT2D eigenvalue weighted by Gasteiger charge is 2.53. The van der Waals surface area contributed by atoms with E-state index in [1.165, 1.54) is 32.4 Å². The van der Waals surface area contributed by atoms with Crippen molar-refractivity contribution in [2.45, 2.75) is 78.0 Å². The summed E-state index contributed by atoms with van der Waals surface area (Å²) in [6.45, 7) is 16.9. The van der Waals surface area contributed by atoms with Crippen LogP contribution in [0.3, 0.4) is 0 Å². The lowest BCUT2D eigenvalue weighted by Crippen LogP contribution is -2.48. The van der Waals surface area contributed by atoms with E-state index in [0.717, 1.165) is 6.54 Å². The first-order chi connectivity index (χ1) is 9.16. The third kappa shape index (κ3) is 2.77. The summed E-state index contributed by atoms with van der Waals surface area (Å²) < 4.78 is 6.22. The quantitative estimate of drug-likeness (QED) is 0.861. The van der Waals surface area contributed by atoms with Crippen molar-refractivity contribution in [3.05, 3.63) is 0 Å². The van der Waals surface area contributed by atoms with Crippen LogP contribution in [0.15, 0.2) is 0 Å². The fraction of sp³-hybridized carbons (Fsp3) is 1.00. The molecule has 0 radical (unpaired) electrons. The zero-order chi connectivity index (χ0) is 15.2. The van der Waals surface area contributed by atoms with E-state index in [4.69, 9.17) is 10.5 Å². The molecule has 20 heavy (non-hydrogen) atoms. The van der Waals surface area contributed by atoms with Crippen molar-refractivity contribution >= 4 is 0 Å². The minimum Gasteiger partial charge on any atom is -0.368 e. The summed E-state index contributed by atoms with van der Waals surface area (Å²) >= 11 is 0. The van der Waals surface area contributed by atoms with E-state index in [0.29, 0.717) is 11.3 Å². The number of nitrogens with zero attached hydrogens (tertiary/aromatic N) is 1. The van der Waals surface area contributed by atoms with Crippen molar-refractivity contribution in [3.63, 3.8) is 0 Å². The highest BCUT2D eigenvalue weighted by Crippen LogP contribution is 2.43. The van der Waals surface area contributed by atoms with Crippen molar-refractivity contribution in [1.82, 2.24) is 4.90 Å². The maximum absolute atomic E-state index is 6.49. The van der Waals surface area contributed by atoms with E-state index >= 15 is 0 Å². The molecule has 2 unspecified atom stereocenters. The molecule has 2 fully saturated rings. The number of nitrogens with two attached hydrogens (primary N) is 1. The average molecular weight is 282 g/mol. The normalized spacial score (nSPS) is 35.5. The summed E-state index contributed by atoms with van der Waals surface area (Å²) in [4.78, 5) is 2.63. The van der Waals surface area contributed by atoms with E-state index in [1.807, 2.05) is 0 Å². The zero-order valence-corrected chi connectivity index (χ0v) is 14.3. The molecule has 2 aliphatic heterocycles. The second-order valence-electron chi connectivity index (χ2n) is 8.13. The fourth-order valence-electron chi connectivity index (χ4n) is 4.36. The zero-order valence-electron chi connectivity index (χ0n) is 14.3. The van der Waals surface area contributed by atoms with Gasteiger partial charge in [0, 0.05) is 25.0 Å². The molecular weight excluding hydrogens is 248 g/mol. The molecule has 0 aromatic heterocycles. The predicted molar refractivity (Wildman–Crippen MR) is 84.8 cm³/mol. The van der Waals surface area contributed by atoms with E-state index < -0.39 is 0 Å². The third-order valence-electron chi connectivity index (χ3n) is 6.13. The molecule has 0 aromatic rings. The smallest absolute Gasteiger partial charge is 0.0788 e. The van der Waals surface area contributed by atoms with Crippen LogP contribution in [-0.2, 0) is 4.74 Å². The van der Waals surface area contributed by atoms with Gasteiger partial charge in [-0.2, -0.15) is 0 Å². The van der Waals surface area contributed by atoms with Crippen LogP contribution in [-0.4, -0.2) is 41.8 Å². The highest BCUT2D eigenvalue weighted by atomic mass is 16.5. The number of hydrogen-bond acceptors (Lipinski definition) is 3. The molecule has 0 saturated carbocycles. The number of ether oxygens (including phenoxy) is 1. The summed E-state index contributed by atoms with van der Waals surface area (Å²) in [5, 5.41) is 0. The van der Waals surface area contributed by atoms with Crippen molar-refractivity contribution < 1.29 is 4.74 Å². The molecule has 2 saturated heterocycles. The van der Waals surface area contributed by atoms with Crippen molar-refractivity contribution in [3.8, 4) is 0 Å². The topological polar surface area (TPSA) is 38.5 Å². The molecule has 0 spiro atoms. The summed E-state index contributed by atoms with van der Waals surface area (Å²) in [7, 11) is 0. The van der Waals surface area contributed by atoms with Crippen LogP contribution in [0, 0.1) is 11.3 Å². The van der Waals surface area contributed by atoms with Gasteiger partial charge in [0.1, 0.15) is 0 Å². The van der Waals surface area contributed by atoms with Crippen LogP contribution in [0.5, 0.6) is 0 Å². The summed E-state index contributed by atoms with van der Waals surface area (Å²) in [5.74, 6) is 0.419. The third-order valence-corrected chi connectivity index (χ3v) is 6.13. The van der Waals surface area contributed by atoms with Crippen LogP contribution in [0.2, 0.25) is 0 Å². The van der Waals surface area contributed by atoms with Crippen LogP contribution in [0.1, 0.15) is 60.8 Å². The Morgan fingerprint density at radius 1 is 1.10 bits per heavy atom. The molecule has 2 atom stereocenters. The number of hydrogen-bond donors (Lipinski definition) is 1. The standard InChI is InChI=1S/C17H34N2O/c1-7-17(8-2)9-10-19(12-17)11-13-14(18)16(5,6)20-15(13,3)4/h13-14H,7-12,18H2,1-6H3. The van der Waals surface area contributed by atoms with Crippen LogP contribution < -0.4 is 5.73 Å². The van der Waals surface area contributed by atoms with Crippen molar-refractivity contribution in [2.75, 3.05) is 19.6 Å². The van der Waals surface area contributed by atoms with Gasteiger partial charge in [0.05, 0.1) is 11.2 Å². The monoisotopic (exact) mass is 282 g/mol. The fourth-order valence-corrected chi connectivity index (χ4v) is 4.36. The SMILES string of the molecule is CCC1(CC)CCN(CC2C(N)C(C)(C)OC2(C)C)C1. The van der Waals surface area contributed by atoms with Gasteiger partial charge in [-0.1, -0.05) is 13.8 Å². The molecular formula is C17H34N2O. The van der Waals surface area contributed by atoms with Gasteiger partial charge < -0.3 is 15.4 Å². The predicted octanol–water partition coefficient (Wildman–Crippen LogP) is 3.03. The first-order valence-electron chi connectivity index (χ1n) is 8.34. The van der Waals surface area contributed by atoms with E-state index in [-0.39, 0.29) is 17.2 Å². The second-order valence-corrected chi connectivity index (χ2v) is 8.13. The van der Waals surface area contributed by atoms with Crippen molar-refractivity contribution in [2.24, 2.45) is 17.1 Å². The Morgan fingerprint density at radius 2 is 1.70 bits per heavy atom. The van der Waals surface area contributed by atoms with Gasteiger partial charge in [0.2, 0.25) is 0 Å². The Balaban J connectivity index is 2.04. The molecule has 2 aliphatic rings. The van der Waals surface area contributed by atoms with Crippen LogP contribution in [0.4, 0.5) is 0 Å². The molecule has 2 heterocycles.